The zero-order valence-electron chi connectivity index (χ0n) is 15.4. The molecule has 26 heavy (non-hydrogen) atoms. The molecule has 0 aliphatic carbocycles. The van der Waals surface area contributed by atoms with Gasteiger partial charge in [-0.05, 0) is 42.2 Å². The van der Waals surface area contributed by atoms with Gasteiger partial charge in [0.2, 0.25) is 0 Å². The average molecular weight is 336 g/mol. The van der Waals surface area contributed by atoms with E-state index in [0.29, 0.717) is 0 Å². The standard InChI is InChI=1S/C18H14.C8H10/c1-3-8-15(9-4-1)17-12-7-13-18(14-17)16-10-5-2-6-11-16;1-7-4-3-5-8(2)6-7/h1-14H;3-6H,1-2H3. The predicted molar refractivity (Wildman–Crippen MR) is 113 cm³/mol. The molecule has 0 spiro atoms. The molecule has 0 heterocycles. The lowest BCUT2D eigenvalue weighted by Crippen LogP contribution is -1.80. The molecular weight excluding hydrogens is 312 g/mol. The van der Waals surface area contributed by atoms with Crippen molar-refractivity contribution in [2.75, 3.05) is 0 Å². The Morgan fingerprint density at radius 3 is 1.12 bits per heavy atom. The first kappa shape index (κ1) is 17.7. The van der Waals surface area contributed by atoms with E-state index < -0.39 is 0 Å². The molecule has 0 saturated heterocycles. The second kappa shape index (κ2) is 8.82. The Morgan fingerprint density at radius 1 is 0.346 bits per heavy atom. The minimum atomic E-state index is 1.26. The van der Waals surface area contributed by atoms with Crippen LogP contribution in [-0.2, 0) is 0 Å². The van der Waals surface area contributed by atoms with Gasteiger partial charge in [-0.25, -0.2) is 0 Å². The summed E-state index contributed by atoms with van der Waals surface area (Å²) in [6.45, 7) is 4.21. The van der Waals surface area contributed by atoms with Crippen molar-refractivity contribution in [2.45, 2.75) is 13.8 Å². The normalized spacial score (nSPS) is 9.92. The van der Waals surface area contributed by atoms with Gasteiger partial charge in [0.05, 0.1) is 0 Å². The van der Waals surface area contributed by atoms with Gasteiger partial charge < -0.3 is 0 Å². The van der Waals surface area contributed by atoms with Crippen LogP contribution in [0.25, 0.3) is 22.3 Å². The zero-order chi connectivity index (χ0) is 18.2. The molecular formula is C26H24. The Labute approximate surface area is 156 Å². The molecule has 128 valence electrons. The summed E-state index contributed by atoms with van der Waals surface area (Å²) in [5, 5.41) is 0. The molecule has 4 aromatic rings. The Balaban J connectivity index is 0.000000206. The molecule has 0 aliphatic rings. The summed E-state index contributed by atoms with van der Waals surface area (Å²) >= 11 is 0. The highest BCUT2D eigenvalue weighted by atomic mass is 14.0. The summed E-state index contributed by atoms with van der Waals surface area (Å²) in [5.74, 6) is 0. The van der Waals surface area contributed by atoms with E-state index in [2.05, 4.69) is 111 Å². The highest BCUT2D eigenvalue weighted by molar-refractivity contribution is 5.72. The zero-order valence-corrected chi connectivity index (χ0v) is 15.4. The van der Waals surface area contributed by atoms with E-state index in [-0.39, 0.29) is 0 Å². The van der Waals surface area contributed by atoms with Gasteiger partial charge in [0.1, 0.15) is 0 Å². The first-order valence-corrected chi connectivity index (χ1v) is 8.96. The molecule has 0 aromatic heterocycles. The third-order valence-electron chi connectivity index (χ3n) is 4.25. The van der Waals surface area contributed by atoms with Gasteiger partial charge in [0, 0.05) is 0 Å². The van der Waals surface area contributed by atoms with Crippen molar-refractivity contribution >= 4 is 0 Å². The van der Waals surface area contributed by atoms with Gasteiger partial charge in [-0.15, -0.1) is 0 Å². The molecule has 0 aliphatic heterocycles. The van der Waals surface area contributed by atoms with E-state index in [0.717, 1.165) is 0 Å². The fraction of sp³-hybridized carbons (Fsp3) is 0.0769. The van der Waals surface area contributed by atoms with Crippen LogP contribution in [0.4, 0.5) is 0 Å². The summed E-state index contributed by atoms with van der Waals surface area (Å²) < 4.78 is 0. The fourth-order valence-corrected chi connectivity index (χ4v) is 2.95. The van der Waals surface area contributed by atoms with Gasteiger partial charge in [0.25, 0.3) is 0 Å². The highest BCUT2D eigenvalue weighted by Crippen LogP contribution is 2.25. The fourth-order valence-electron chi connectivity index (χ4n) is 2.95. The molecule has 0 unspecified atom stereocenters. The van der Waals surface area contributed by atoms with Crippen LogP contribution in [0, 0.1) is 13.8 Å². The highest BCUT2D eigenvalue weighted by Gasteiger charge is 2.00. The monoisotopic (exact) mass is 336 g/mol. The molecule has 0 nitrogen and oxygen atoms in total. The first-order valence-electron chi connectivity index (χ1n) is 8.96. The Morgan fingerprint density at radius 2 is 0.731 bits per heavy atom. The molecule has 0 atom stereocenters. The van der Waals surface area contributed by atoms with Crippen LogP contribution in [0.2, 0.25) is 0 Å². The second-order valence-corrected chi connectivity index (χ2v) is 6.47. The van der Waals surface area contributed by atoms with Crippen LogP contribution < -0.4 is 0 Å². The van der Waals surface area contributed by atoms with Gasteiger partial charge in [-0.2, -0.15) is 0 Å². The molecule has 0 radical (unpaired) electrons. The maximum atomic E-state index is 2.24. The largest absolute Gasteiger partial charge is 0.0622 e. The van der Waals surface area contributed by atoms with Crippen LogP contribution in [0.15, 0.2) is 109 Å². The van der Waals surface area contributed by atoms with Crippen LogP contribution in [0.1, 0.15) is 11.1 Å². The second-order valence-electron chi connectivity index (χ2n) is 6.47. The quantitative estimate of drug-likeness (QED) is 0.359. The minimum Gasteiger partial charge on any atom is -0.0622 e. The third-order valence-corrected chi connectivity index (χ3v) is 4.25. The van der Waals surface area contributed by atoms with E-state index in [1.54, 1.807) is 0 Å². The van der Waals surface area contributed by atoms with Gasteiger partial charge in [0.15, 0.2) is 0 Å². The SMILES string of the molecule is Cc1cccc(C)c1.c1ccc(-c2cccc(-c3ccccc3)c2)cc1. The van der Waals surface area contributed by atoms with Gasteiger partial charge in [-0.1, -0.05) is 114 Å². The van der Waals surface area contributed by atoms with E-state index in [1.807, 2.05) is 12.1 Å². The van der Waals surface area contributed by atoms with E-state index in [1.165, 1.54) is 33.4 Å². The molecule has 0 heteroatoms. The van der Waals surface area contributed by atoms with Crippen molar-refractivity contribution in [1.82, 2.24) is 0 Å². The smallest absolute Gasteiger partial charge is 0.0178 e. The van der Waals surface area contributed by atoms with Crippen LogP contribution >= 0.6 is 0 Å². The van der Waals surface area contributed by atoms with Crippen molar-refractivity contribution < 1.29 is 0 Å². The Bertz CT molecular complexity index is 866. The van der Waals surface area contributed by atoms with E-state index in [4.69, 9.17) is 0 Å². The topological polar surface area (TPSA) is 0 Å². The summed E-state index contributed by atoms with van der Waals surface area (Å²) in [7, 11) is 0. The van der Waals surface area contributed by atoms with Crippen LogP contribution in [-0.4, -0.2) is 0 Å². The van der Waals surface area contributed by atoms with Gasteiger partial charge in [-0.3, -0.25) is 0 Å². The maximum Gasteiger partial charge on any atom is -0.0178 e. The molecule has 0 fully saturated rings. The molecule has 0 N–H and O–H groups in total. The number of benzene rings is 4. The molecule has 0 amide bonds. The Kier molecular flexibility index (Phi) is 6.01. The molecule has 0 bridgehead atoms. The maximum absolute atomic E-state index is 2.24. The van der Waals surface area contributed by atoms with Crippen molar-refractivity contribution in [3.8, 4) is 22.3 Å². The number of aryl methyl sites for hydroxylation is 2. The summed E-state index contributed by atoms with van der Waals surface area (Å²) in [5.41, 5.74) is 7.72. The number of hydrogen-bond donors (Lipinski definition) is 0. The first-order chi connectivity index (χ1) is 12.7. The minimum absolute atomic E-state index is 1.26. The lowest BCUT2D eigenvalue weighted by Gasteiger charge is -2.05. The van der Waals surface area contributed by atoms with E-state index in [9.17, 15) is 0 Å². The molecule has 4 aromatic carbocycles. The summed E-state index contributed by atoms with van der Waals surface area (Å²) in [4.78, 5) is 0. The van der Waals surface area contributed by atoms with E-state index >= 15 is 0 Å². The summed E-state index contributed by atoms with van der Waals surface area (Å²) in [6, 6.07) is 38.1. The van der Waals surface area contributed by atoms with Crippen molar-refractivity contribution in [1.29, 1.82) is 0 Å². The molecule has 4 rings (SSSR count). The van der Waals surface area contributed by atoms with Crippen molar-refractivity contribution in [3.63, 3.8) is 0 Å². The van der Waals surface area contributed by atoms with Crippen LogP contribution in [0.5, 0.6) is 0 Å². The number of rotatable bonds is 2. The average Bonchev–Trinajstić information content (AvgIpc) is 2.70. The van der Waals surface area contributed by atoms with Gasteiger partial charge >= 0.3 is 0 Å². The summed E-state index contributed by atoms with van der Waals surface area (Å²) in [6.07, 6.45) is 0. The van der Waals surface area contributed by atoms with Crippen molar-refractivity contribution in [3.05, 3.63) is 120 Å². The lowest BCUT2D eigenvalue weighted by molar-refractivity contribution is 1.39. The van der Waals surface area contributed by atoms with Crippen LogP contribution in [0.3, 0.4) is 0 Å². The molecule has 0 saturated carbocycles. The Hall–Kier alpha value is -3.12. The van der Waals surface area contributed by atoms with Crippen molar-refractivity contribution in [2.24, 2.45) is 0 Å². The predicted octanol–water partition coefficient (Wildman–Crippen LogP) is 7.32. The number of hydrogen-bond acceptors (Lipinski definition) is 0. The third kappa shape index (κ3) is 4.94. The lowest BCUT2D eigenvalue weighted by atomic mass is 9.99.